The van der Waals surface area contributed by atoms with E-state index in [1.54, 1.807) is 13.8 Å². The van der Waals surface area contributed by atoms with E-state index in [1.807, 2.05) is 0 Å². The summed E-state index contributed by atoms with van der Waals surface area (Å²) in [5.41, 5.74) is 0.455. The maximum absolute atomic E-state index is 13.1. The van der Waals surface area contributed by atoms with E-state index in [9.17, 15) is 9.18 Å². The molecule has 0 fully saturated rings. The summed E-state index contributed by atoms with van der Waals surface area (Å²) in [5.74, 6) is -0.675. The van der Waals surface area contributed by atoms with E-state index in [-0.39, 0.29) is 11.6 Å². The second-order valence-electron chi connectivity index (χ2n) is 3.90. The molecular weight excluding hydrogens is 251 g/mol. The third-order valence-corrected chi connectivity index (χ3v) is 2.57. The molecule has 0 saturated heterocycles. The largest absolute Gasteiger partial charge is 0.453 e. The first-order chi connectivity index (χ1) is 9.15. The molecule has 0 N–H and O–H groups in total. The molecule has 2 aromatic rings. The SMILES string of the molecule is CCOC(OCC)C(=O)c1cc2cc(F)ccc2o1. The fourth-order valence-electron chi connectivity index (χ4n) is 1.75. The van der Waals surface area contributed by atoms with E-state index < -0.39 is 12.1 Å². The van der Waals surface area contributed by atoms with Crippen molar-refractivity contribution in [3.05, 3.63) is 35.8 Å². The maximum atomic E-state index is 13.1. The Bertz CT molecular complexity index is 570. The molecule has 1 aromatic carbocycles. The first-order valence-electron chi connectivity index (χ1n) is 6.12. The number of ether oxygens (including phenoxy) is 2. The molecule has 0 aliphatic carbocycles. The summed E-state index contributed by atoms with van der Waals surface area (Å²) < 4.78 is 28.9. The Balaban J connectivity index is 2.29. The lowest BCUT2D eigenvalue weighted by atomic mass is 10.2. The second-order valence-corrected chi connectivity index (χ2v) is 3.90. The predicted molar refractivity (Wildman–Crippen MR) is 67.5 cm³/mol. The van der Waals surface area contributed by atoms with Gasteiger partial charge in [-0.1, -0.05) is 0 Å². The van der Waals surface area contributed by atoms with Gasteiger partial charge < -0.3 is 13.9 Å². The molecule has 0 atom stereocenters. The van der Waals surface area contributed by atoms with E-state index in [4.69, 9.17) is 13.9 Å². The standard InChI is InChI=1S/C14H15FO4/c1-3-17-14(18-4-2)13(16)12-8-9-7-10(15)5-6-11(9)19-12/h5-8,14H,3-4H2,1-2H3. The molecule has 5 heteroatoms. The van der Waals surface area contributed by atoms with Crippen LogP contribution in [-0.4, -0.2) is 25.3 Å². The van der Waals surface area contributed by atoms with Crippen molar-refractivity contribution in [1.82, 2.24) is 0 Å². The third-order valence-electron chi connectivity index (χ3n) is 2.57. The average Bonchev–Trinajstić information content (AvgIpc) is 2.80. The van der Waals surface area contributed by atoms with Crippen LogP contribution < -0.4 is 0 Å². The van der Waals surface area contributed by atoms with Gasteiger partial charge in [-0.15, -0.1) is 0 Å². The highest BCUT2D eigenvalue weighted by Gasteiger charge is 2.24. The van der Waals surface area contributed by atoms with Gasteiger partial charge >= 0.3 is 0 Å². The van der Waals surface area contributed by atoms with Crippen LogP contribution in [-0.2, 0) is 9.47 Å². The van der Waals surface area contributed by atoms with Crippen molar-refractivity contribution in [3.8, 4) is 0 Å². The Morgan fingerprint density at radius 2 is 1.95 bits per heavy atom. The Labute approximate surface area is 110 Å². The molecule has 0 amide bonds. The number of carbonyl (C=O) groups is 1. The molecule has 0 unspecified atom stereocenters. The summed E-state index contributed by atoms with van der Waals surface area (Å²) in [4.78, 5) is 12.1. The molecule has 0 radical (unpaired) electrons. The van der Waals surface area contributed by atoms with Crippen molar-refractivity contribution in [2.24, 2.45) is 0 Å². The molecule has 1 heterocycles. The zero-order valence-electron chi connectivity index (χ0n) is 10.8. The van der Waals surface area contributed by atoms with Gasteiger partial charge in [-0.3, -0.25) is 4.79 Å². The Morgan fingerprint density at radius 3 is 2.58 bits per heavy atom. The van der Waals surface area contributed by atoms with Crippen molar-refractivity contribution in [1.29, 1.82) is 0 Å². The normalized spacial score (nSPS) is 11.4. The fourth-order valence-corrected chi connectivity index (χ4v) is 1.75. The molecule has 0 saturated carbocycles. The summed E-state index contributed by atoms with van der Waals surface area (Å²) in [6, 6.07) is 5.57. The number of carbonyl (C=O) groups excluding carboxylic acids is 1. The minimum absolute atomic E-state index is 0.104. The predicted octanol–water partition coefficient (Wildman–Crippen LogP) is 3.15. The lowest BCUT2D eigenvalue weighted by Gasteiger charge is -2.13. The van der Waals surface area contributed by atoms with E-state index in [1.165, 1.54) is 24.3 Å². The van der Waals surface area contributed by atoms with Crippen LogP contribution in [0.4, 0.5) is 4.39 Å². The Kier molecular flexibility index (Phi) is 4.29. The Morgan fingerprint density at radius 1 is 1.26 bits per heavy atom. The van der Waals surface area contributed by atoms with Crippen LogP contribution in [0.25, 0.3) is 11.0 Å². The number of furan rings is 1. The number of hydrogen-bond donors (Lipinski definition) is 0. The van der Waals surface area contributed by atoms with Gasteiger partial charge in [0.15, 0.2) is 5.76 Å². The maximum Gasteiger partial charge on any atom is 0.253 e. The van der Waals surface area contributed by atoms with Gasteiger partial charge in [-0.05, 0) is 38.1 Å². The van der Waals surface area contributed by atoms with Crippen LogP contribution in [0.2, 0.25) is 0 Å². The molecule has 0 spiro atoms. The van der Waals surface area contributed by atoms with Crippen LogP contribution in [0.5, 0.6) is 0 Å². The van der Waals surface area contributed by atoms with Gasteiger partial charge in [-0.25, -0.2) is 4.39 Å². The highest BCUT2D eigenvalue weighted by Crippen LogP contribution is 2.22. The highest BCUT2D eigenvalue weighted by molar-refractivity contribution is 5.99. The summed E-state index contributed by atoms with van der Waals surface area (Å²) in [7, 11) is 0. The minimum Gasteiger partial charge on any atom is -0.453 e. The van der Waals surface area contributed by atoms with Gasteiger partial charge in [-0.2, -0.15) is 0 Å². The molecule has 1 aromatic heterocycles. The zero-order chi connectivity index (χ0) is 13.8. The third kappa shape index (κ3) is 3.00. The van der Waals surface area contributed by atoms with E-state index in [2.05, 4.69) is 0 Å². The quantitative estimate of drug-likeness (QED) is 0.595. The molecule has 0 aliphatic heterocycles. The van der Waals surface area contributed by atoms with E-state index in [0.717, 1.165) is 0 Å². The van der Waals surface area contributed by atoms with Gasteiger partial charge in [0.2, 0.25) is 6.29 Å². The van der Waals surface area contributed by atoms with Gasteiger partial charge in [0, 0.05) is 18.6 Å². The van der Waals surface area contributed by atoms with Crippen LogP contribution >= 0.6 is 0 Å². The molecular formula is C14H15FO4. The van der Waals surface area contributed by atoms with Gasteiger partial charge in [0.05, 0.1) is 0 Å². The van der Waals surface area contributed by atoms with Crippen molar-refractivity contribution in [3.63, 3.8) is 0 Å². The lowest BCUT2D eigenvalue weighted by molar-refractivity contribution is -0.108. The van der Waals surface area contributed by atoms with Crippen LogP contribution in [0.15, 0.2) is 28.7 Å². The molecule has 0 aliphatic rings. The number of rotatable bonds is 6. The summed E-state index contributed by atoms with van der Waals surface area (Å²) in [6.07, 6.45) is -0.986. The monoisotopic (exact) mass is 266 g/mol. The van der Waals surface area contributed by atoms with Gasteiger partial charge in [0.1, 0.15) is 11.4 Å². The summed E-state index contributed by atoms with van der Waals surface area (Å²) in [6.45, 7) is 4.25. The van der Waals surface area contributed by atoms with Crippen LogP contribution in [0, 0.1) is 5.82 Å². The Hall–Kier alpha value is -1.72. The number of benzene rings is 1. The molecule has 102 valence electrons. The van der Waals surface area contributed by atoms with Crippen molar-refractivity contribution in [2.45, 2.75) is 20.1 Å². The molecule has 19 heavy (non-hydrogen) atoms. The summed E-state index contributed by atoms with van der Waals surface area (Å²) >= 11 is 0. The van der Waals surface area contributed by atoms with Crippen molar-refractivity contribution < 1.29 is 23.1 Å². The fraction of sp³-hybridized carbons (Fsp3) is 0.357. The van der Waals surface area contributed by atoms with Crippen molar-refractivity contribution in [2.75, 3.05) is 13.2 Å². The number of halogens is 1. The summed E-state index contributed by atoms with van der Waals surface area (Å²) in [5, 5.41) is 0.537. The van der Waals surface area contributed by atoms with Gasteiger partial charge in [0.25, 0.3) is 5.78 Å². The van der Waals surface area contributed by atoms with E-state index >= 15 is 0 Å². The van der Waals surface area contributed by atoms with Crippen LogP contribution in [0.1, 0.15) is 24.4 Å². The number of ketones is 1. The lowest BCUT2D eigenvalue weighted by Crippen LogP contribution is -2.27. The molecule has 0 bridgehead atoms. The average molecular weight is 266 g/mol. The van der Waals surface area contributed by atoms with Crippen LogP contribution in [0.3, 0.4) is 0 Å². The molecule has 2 rings (SSSR count). The number of Topliss-reactive ketones (excluding diaryl/α,β-unsaturated/α-hetero) is 1. The highest BCUT2D eigenvalue weighted by atomic mass is 19.1. The minimum atomic E-state index is -0.986. The number of hydrogen-bond acceptors (Lipinski definition) is 4. The number of fused-ring (bicyclic) bond motifs is 1. The zero-order valence-corrected chi connectivity index (χ0v) is 10.8. The first-order valence-corrected chi connectivity index (χ1v) is 6.12. The molecule has 4 nitrogen and oxygen atoms in total. The topological polar surface area (TPSA) is 48.7 Å². The van der Waals surface area contributed by atoms with E-state index in [0.29, 0.717) is 24.2 Å². The first kappa shape index (κ1) is 13.7. The second kappa shape index (κ2) is 5.95. The van der Waals surface area contributed by atoms with Crippen molar-refractivity contribution >= 4 is 16.8 Å². The smallest absolute Gasteiger partial charge is 0.253 e.